The van der Waals surface area contributed by atoms with E-state index in [0.717, 1.165) is 23.0 Å². The van der Waals surface area contributed by atoms with Crippen LogP contribution < -0.4 is 11.1 Å². The van der Waals surface area contributed by atoms with Crippen LogP contribution in [0.5, 0.6) is 0 Å². The van der Waals surface area contributed by atoms with Gasteiger partial charge in [-0.15, -0.1) is 0 Å². The molecule has 1 aromatic heterocycles. The number of piperidine rings is 1. The van der Waals surface area contributed by atoms with Crippen molar-refractivity contribution >= 4 is 40.3 Å². The first-order chi connectivity index (χ1) is 14.4. The first kappa shape index (κ1) is 20.5. The second-order valence-corrected chi connectivity index (χ2v) is 8.42. The van der Waals surface area contributed by atoms with E-state index in [1.165, 1.54) is 5.56 Å². The van der Waals surface area contributed by atoms with Crippen LogP contribution >= 0.6 is 11.6 Å². The van der Waals surface area contributed by atoms with E-state index in [4.69, 9.17) is 17.3 Å². The fourth-order valence-electron chi connectivity index (χ4n) is 4.35. The summed E-state index contributed by atoms with van der Waals surface area (Å²) in [5.41, 5.74) is 8.60. The van der Waals surface area contributed by atoms with Crippen LogP contribution in [-0.4, -0.2) is 58.8 Å². The van der Waals surface area contributed by atoms with Crippen molar-refractivity contribution in [1.29, 1.82) is 0 Å². The zero-order valence-corrected chi connectivity index (χ0v) is 17.5. The number of nitrogens with two attached hydrogens (primary N) is 1. The zero-order valence-electron chi connectivity index (χ0n) is 16.7. The summed E-state index contributed by atoms with van der Waals surface area (Å²) in [6.45, 7) is 2.49. The Kier molecular flexibility index (Phi) is 5.85. The van der Waals surface area contributed by atoms with Crippen molar-refractivity contribution in [3.8, 4) is 0 Å². The van der Waals surface area contributed by atoms with Crippen LogP contribution in [0.1, 0.15) is 30.5 Å². The highest BCUT2D eigenvalue weighted by Gasteiger charge is 2.26. The van der Waals surface area contributed by atoms with Gasteiger partial charge in [-0.2, -0.15) is 0 Å². The lowest BCUT2D eigenvalue weighted by molar-refractivity contribution is -0.134. The third kappa shape index (κ3) is 4.23. The summed E-state index contributed by atoms with van der Waals surface area (Å²) in [6.07, 6.45) is 2.23. The number of hydrogen-bond acceptors (Lipinski definition) is 3. The van der Waals surface area contributed by atoms with E-state index < -0.39 is 0 Å². The molecule has 0 radical (unpaired) electrons. The SMILES string of the molecule is NC(=O)C1CCN(C(=O)CCNC(=O)N2CCc3c([nH]c4ccc(Cl)cc34)C2)CC1. The molecule has 30 heavy (non-hydrogen) atoms. The lowest BCUT2D eigenvalue weighted by Crippen LogP contribution is -2.45. The Morgan fingerprint density at radius 2 is 1.93 bits per heavy atom. The Morgan fingerprint density at radius 1 is 1.17 bits per heavy atom. The number of aromatic nitrogens is 1. The van der Waals surface area contributed by atoms with Gasteiger partial charge in [0.15, 0.2) is 0 Å². The van der Waals surface area contributed by atoms with E-state index in [2.05, 4.69) is 10.3 Å². The smallest absolute Gasteiger partial charge is 0.317 e. The molecule has 0 aliphatic carbocycles. The molecular weight excluding hydrogens is 406 g/mol. The molecule has 0 bridgehead atoms. The molecule has 2 aromatic rings. The minimum Gasteiger partial charge on any atom is -0.369 e. The number of benzene rings is 1. The maximum Gasteiger partial charge on any atom is 0.317 e. The largest absolute Gasteiger partial charge is 0.369 e. The molecule has 4 rings (SSSR count). The number of H-pyrrole nitrogens is 1. The zero-order chi connectivity index (χ0) is 21.3. The van der Waals surface area contributed by atoms with Gasteiger partial charge < -0.3 is 25.8 Å². The number of hydrogen-bond donors (Lipinski definition) is 3. The fourth-order valence-corrected chi connectivity index (χ4v) is 4.52. The van der Waals surface area contributed by atoms with E-state index in [1.807, 2.05) is 18.2 Å². The molecule has 160 valence electrons. The van der Waals surface area contributed by atoms with Gasteiger partial charge in [0.1, 0.15) is 0 Å². The van der Waals surface area contributed by atoms with Crippen LogP contribution in [-0.2, 0) is 22.6 Å². The fraction of sp³-hybridized carbons (Fsp3) is 0.476. The summed E-state index contributed by atoms with van der Waals surface area (Å²) < 4.78 is 0. The number of primary amides is 1. The topological polar surface area (TPSA) is 112 Å². The van der Waals surface area contributed by atoms with Crippen LogP contribution in [0.15, 0.2) is 18.2 Å². The highest BCUT2D eigenvalue weighted by atomic mass is 35.5. The van der Waals surface area contributed by atoms with Crippen LogP contribution in [0.3, 0.4) is 0 Å². The van der Waals surface area contributed by atoms with Crippen LogP contribution in [0, 0.1) is 5.92 Å². The summed E-state index contributed by atoms with van der Waals surface area (Å²) in [5.74, 6) is -0.442. The molecule has 9 heteroatoms. The molecular formula is C21H26ClN5O3. The molecule has 2 aliphatic rings. The van der Waals surface area contributed by atoms with Crippen molar-refractivity contribution < 1.29 is 14.4 Å². The molecule has 0 unspecified atom stereocenters. The molecule has 1 aromatic carbocycles. The minimum atomic E-state index is -0.294. The van der Waals surface area contributed by atoms with Crippen molar-refractivity contribution in [1.82, 2.24) is 20.1 Å². The number of carbonyl (C=O) groups is 3. The van der Waals surface area contributed by atoms with E-state index in [0.29, 0.717) is 50.6 Å². The quantitative estimate of drug-likeness (QED) is 0.688. The number of amides is 4. The predicted molar refractivity (Wildman–Crippen MR) is 114 cm³/mol. The molecule has 8 nitrogen and oxygen atoms in total. The van der Waals surface area contributed by atoms with Crippen LogP contribution in [0.2, 0.25) is 5.02 Å². The van der Waals surface area contributed by atoms with Gasteiger partial charge in [0.05, 0.1) is 6.54 Å². The van der Waals surface area contributed by atoms with Crippen molar-refractivity contribution in [3.05, 3.63) is 34.5 Å². The maximum absolute atomic E-state index is 12.6. The number of aromatic amines is 1. The standard InChI is InChI=1S/C21H26ClN5O3/c22-14-1-2-17-16(11-14)15-6-10-27(12-18(15)25-17)21(30)24-7-3-19(28)26-8-4-13(5-9-26)20(23)29/h1-2,11,13,25H,3-10,12H2,(H2,23,29)(H,24,30). The second kappa shape index (κ2) is 8.55. The minimum absolute atomic E-state index is 0.00773. The van der Waals surface area contributed by atoms with E-state index in [-0.39, 0.29) is 30.2 Å². The molecule has 1 saturated heterocycles. The lowest BCUT2D eigenvalue weighted by Gasteiger charge is -2.31. The van der Waals surface area contributed by atoms with Gasteiger partial charge in [-0.25, -0.2) is 4.79 Å². The molecule has 4 amide bonds. The van der Waals surface area contributed by atoms with E-state index in [9.17, 15) is 14.4 Å². The van der Waals surface area contributed by atoms with Gasteiger partial charge in [-0.3, -0.25) is 9.59 Å². The molecule has 3 heterocycles. The van der Waals surface area contributed by atoms with Crippen molar-refractivity contribution in [3.63, 3.8) is 0 Å². The van der Waals surface area contributed by atoms with E-state index in [1.54, 1.807) is 9.80 Å². The lowest BCUT2D eigenvalue weighted by atomic mass is 9.96. The number of urea groups is 1. The molecule has 1 fully saturated rings. The molecule has 0 spiro atoms. The number of likely N-dealkylation sites (tertiary alicyclic amines) is 1. The molecule has 4 N–H and O–H groups in total. The highest BCUT2D eigenvalue weighted by molar-refractivity contribution is 6.31. The Morgan fingerprint density at radius 3 is 2.67 bits per heavy atom. The number of fused-ring (bicyclic) bond motifs is 3. The highest BCUT2D eigenvalue weighted by Crippen LogP contribution is 2.29. The van der Waals surface area contributed by atoms with Gasteiger partial charge in [-0.05, 0) is 43.0 Å². The van der Waals surface area contributed by atoms with Gasteiger partial charge in [-0.1, -0.05) is 11.6 Å². The van der Waals surface area contributed by atoms with Gasteiger partial charge in [0.2, 0.25) is 11.8 Å². The Labute approximate surface area is 179 Å². The summed E-state index contributed by atoms with van der Waals surface area (Å²) in [4.78, 5) is 43.0. The average molecular weight is 432 g/mol. The Balaban J connectivity index is 1.26. The van der Waals surface area contributed by atoms with Gasteiger partial charge >= 0.3 is 6.03 Å². The third-order valence-corrected chi connectivity index (χ3v) is 6.32. The summed E-state index contributed by atoms with van der Waals surface area (Å²) in [7, 11) is 0. The Bertz CT molecular complexity index is 980. The van der Waals surface area contributed by atoms with E-state index >= 15 is 0 Å². The number of nitrogens with zero attached hydrogens (tertiary/aromatic N) is 2. The second-order valence-electron chi connectivity index (χ2n) is 7.98. The summed E-state index contributed by atoms with van der Waals surface area (Å²) >= 11 is 6.12. The summed E-state index contributed by atoms with van der Waals surface area (Å²) in [5, 5.41) is 4.67. The average Bonchev–Trinajstić information content (AvgIpc) is 3.10. The normalized spacial score (nSPS) is 17.1. The number of nitrogens with one attached hydrogen (secondary N) is 2. The molecule has 0 atom stereocenters. The summed E-state index contributed by atoms with van der Waals surface area (Å²) in [6, 6.07) is 5.60. The van der Waals surface area contributed by atoms with Crippen molar-refractivity contribution in [2.75, 3.05) is 26.2 Å². The predicted octanol–water partition coefficient (Wildman–Crippen LogP) is 2.00. The first-order valence-electron chi connectivity index (χ1n) is 10.3. The maximum atomic E-state index is 12.6. The van der Waals surface area contributed by atoms with Gasteiger partial charge in [0, 0.05) is 60.1 Å². The number of rotatable bonds is 4. The first-order valence-corrected chi connectivity index (χ1v) is 10.7. The molecule has 0 saturated carbocycles. The Hall–Kier alpha value is -2.74. The number of halogens is 1. The van der Waals surface area contributed by atoms with Crippen LogP contribution in [0.4, 0.5) is 4.79 Å². The van der Waals surface area contributed by atoms with Crippen molar-refractivity contribution in [2.45, 2.75) is 32.2 Å². The van der Waals surface area contributed by atoms with Crippen molar-refractivity contribution in [2.24, 2.45) is 11.7 Å². The molecule has 2 aliphatic heterocycles. The van der Waals surface area contributed by atoms with Crippen LogP contribution in [0.25, 0.3) is 10.9 Å². The monoisotopic (exact) mass is 431 g/mol. The number of carbonyl (C=O) groups excluding carboxylic acids is 3. The third-order valence-electron chi connectivity index (χ3n) is 6.09. The van der Waals surface area contributed by atoms with Gasteiger partial charge in [0.25, 0.3) is 0 Å².